The molecule has 1 amide bonds. The molecule has 0 aliphatic carbocycles. The van der Waals surface area contributed by atoms with Crippen molar-refractivity contribution in [2.45, 2.75) is 32.4 Å². The van der Waals surface area contributed by atoms with Crippen LogP contribution in [0.2, 0.25) is 0 Å². The number of hydrogen-bond donors (Lipinski definition) is 1. The van der Waals surface area contributed by atoms with Gasteiger partial charge < -0.3 is 9.64 Å². The maximum absolute atomic E-state index is 13.6. The van der Waals surface area contributed by atoms with Gasteiger partial charge in [-0.1, -0.05) is 19.1 Å². The summed E-state index contributed by atoms with van der Waals surface area (Å²) in [5, 5.41) is 8.12. The van der Waals surface area contributed by atoms with Crippen LogP contribution in [0.1, 0.15) is 35.8 Å². The molecule has 0 radical (unpaired) electrons. The second kappa shape index (κ2) is 8.61. The van der Waals surface area contributed by atoms with E-state index >= 15 is 0 Å². The van der Waals surface area contributed by atoms with Crippen molar-refractivity contribution < 1.29 is 9.53 Å². The number of aromatic amines is 1. The molecule has 1 aliphatic heterocycles. The molecule has 1 atom stereocenters. The van der Waals surface area contributed by atoms with Crippen molar-refractivity contribution in [3.63, 3.8) is 0 Å². The lowest BCUT2D eigenvalue weighted by molar-refractivity contribution is 0.0688. The summed E-state index contributed by atoms with van der Waals surface area (Å²) in [6, 6.07) is 9.95. The van der Waals surface area contributed by atoms with Crippen molar-refractivity contribution in [2.75, 3.05) is 26.7 Å². The maximum atomic E-state index is 13.6. The van der Waals surface area contributed by atoms with Crippen LogP contribution in [0, 0.1) is 0 Å². The van der Waals surface area contributed by atoms with E-state index in [9.17, 15) is 4.79 Å². The minimum Gasteiger partial charge on any atom is -0.494 e. The Morgan fingerprint density at radius 1 is 1.31 bits per heavy atom. The molecule has 0 bridgehead atoms. The fourth-order valence-corrected chi connectivity index (χ4v) is 4.20. The van der Waals surface area contributed by atoms with E-state index in [1.807, 2.05) is 35.2 Å². The van der Waals surface area contributed by atoms with Crippen LogP contribution in [0.25, 0.3) is 10.9 Å². The number of benzene rings is 1. The second-order valence-corrected chi connectivity index (χ2v) is 7.42. The van der Waals surface area contributed by atoms with Crippen molar-refractivity contribution in [1.29, 1.82) is 0 Å². The maximum Gasteiger partial charge on any atom is 0.275 e. The number of amides is 1. The lowest BCUT2D eigenvalue weighted by atomic mass is 10.1. The zero-order chi connectivity index (χ0) is 20.2. The van der Waals surface area contributed by atoms with E-state index in [2.05, 4.69) is 27.0 Å². The second-order valence-electron chi connectivity index (χ2n) is 7.42. The molecule has 1 unspecified atom stereocenters. The number of pyridine rings is 1. The van der Waals surface area contributed by atoms with E-state index < -0.39 is 0 Å². The third-order valence-electron chi connectivity index (χ3n) is 5.73. The number of hydrogen-bond acceptors (Lipinski definition) is 5. The Labute approximate surface area is 170 Å². The van der Waals surface area contributed by atoms with Gasteiger partial charge in [0.1, 0.15) is 11.3 Å². The van der Waals surface area contributed by atoms with Gasteiger partial charge in [-0.2, -0.15) is 5.10 Å². The van der Waals surface area contributed by atoms with E-state index in [1.54, 1.807) is 19.5 Å². The largest absolute Gasteiger partial charge is 0.494 e. The molecule has 1 aromatic carbocycles. The first-order valence-electron chi connectivity index (χ1n) is 10.1. The molecule has 1 N–H and O–H groups in total. The molecule has 1 aliphatic rings. The third kappa shape index (κ3) is 3.96. The topological polar surface area (TPSA) is 74.4 Å². The molecule has 3 aromatic rings. The smallest absolute Gasteiger partial charge is 0.275 e. The molecular weight excluding hydrogens is 366 g/mol. The van der Waals surface area contributed by atoms with Crippen molar-refractivity contribution in [3.8, 4) is 5.75 Å². The Hall–Kier alpha value is -2.93. The van der Waals surface area contributed by atoms with Crippen molar-refractivity contribution in [3.05, 3.63) is 54.0 Å². The summed E-state index contributed by atoms with van der Waals surface area (Å²) in [6.07, 6.45) is 5.82. The van der Waals surface area contributed by atoms with Gasteiger partial charge in [-0.15, -0.1) is 0 Å². The molecular formula is C22H27N5O2. The van der Waals surface area contributed by atoms with Crippen LogP contribution >= 0.6 is 0 Å². The quantitative estimate of drug-likeness (QED) is 0.668. The summed E-state index contributed by atoms with van der Waals surface area (Å²) in [4.78, 5) is 22.0. The number of likely N-dealkylation sites (tertiary alicyclic amines) is 1. The monoisotopic (exact) mass is 393 g/mol. The van der Waals surface area contributed by atoms with E-state index in [4.69, 9.17) is 4.74 Å². The summed E-state index contributed by atoms with van der Waals surface area (Å²) < 4.78 is 5.40. The minimum atomic E-state index is -0.0655. The molecule has 152 valence electrons. The number of likely N-dealkylation sites (N-methyl/N-ethyl adjacent to an activating group) is 1. The summed E-state index contributed by atoms with van der Waals surface area (Å²) in [7, 11) is 1.62. The van der Waals surface area contributed by atoms with Gasteiger partial charge in [0.15, 0.2) is 5.69 Å². The fraction of sp³-hybridized carbons (Fsp3) is 0.409. The predicted molar refractivity (Wildman–Crippen MR) is 112 cm³/mol. The van der Waals surface area contributed by atoms with E-state index in [-0.39, 0.29) is 5.91 Å². The normalized spacial score (nSPS) is 17.0. The van der Waals surface area contributed by atoms with Crippen LogP contribution in [-0.4, -0.2) is 63.7 Å². The average Bonchev–Trinajstić information content (AvgIpc) is 3.40. The van der Waals surface area contributed by atoms with Crippen LogP contribution in [0.15, 0.2) is 42.7 Å². The number of para-hydroxylation sites is 1. The van der Waals surface area contributed by atoms with Crippen LogP contribution in [0.4, 0.5) is 0 Å². The van der Waals surface area contributed by atoms with Gasteiger partial charge in [-0.05, 0) is 49.7 Å². The Balaban J connectivity index is 1.65. The molecule has 3 heterocycles. The van der Waals surface area contributed by atoms with E-state index in [0.29, 0.717) is 30.6 Å². The fourth-order valence-electron chi connectivity index (χ4n) is 4.20. The van der Waals surface area contributed by atoms with Crippen LogP contribution in [0.5, 0.6) is 5.75 Å². The van der Waals surface area contributed by atoms with Gasteiger partial charge >= 0.3 is 0 Å². The Morgan fingerprint density at radius 2 is 2.14 bits per heavy atom. The lowest BCUT2D eigenvalue weighted by Gasteiger charge is -2.30. The van der Waals surface area contributed by atoms with Crippen LogP contribution < -0.4 is 4.74 Å². The minimum absolute atomic E-state index is 0.0655. The highest BCUT2D eigenvalue weighted by atomic mass is 16.5. The first-order valence-corrected chi connectivity index (χ1v) is 10.1. The standard InChI is InChI=1S/C22H27N5O2/c1-3-26-13-5-6-17(26)15-27(14-16-9-11-23-12-10-16)22(28)21-18-7-4-8-19(29-2)20(18)24-25-21/h4,7-12,17H,3,5-6,13-15H2,1-2H3,(H,24,25). The number of nitrogens with zero attached hydrogens (tertiary/aromatic N) is 4. The summed E-state index contributed by atoms with van der Waals surface area (Å²) in [5.41, 5.74) is 2.25. The number of ether oxygens (including phenoxy) is 1. The summed E-state index contributed by atoms with van der Waals surface area (Å²) in [5.74, 6) is 0.618. The lowest BCUT2D eigenvalue weighted by Crippen LogP contribution is -2.42. The Morgan fingerprint density at radius 3 is 2.90 bits per heavy atom. The number of fused-ring (bicyclic) bond motifs is 1. The average molecular weight is 393 g/mol. The Bertz CT molecular complexity index is 972. The molecule has 7 heteroatoms. The van der Waals surface area contributed by atoms with Crippen molar-refractivity contribution in [2.24, 2.45) is 0 Å². The first-order chi connectivity index (χ1) is 14.2. The summed E-state index contributed by atoms with van der Waals surface area (Å²) >= 11 is 0. The van der Waals surface area contributed by atoms with Gasteiger partial charge in [0.2, 0.25) is 0 Å². The third-order valence-corrected chi connectivity index (χ3v) is 5.73. The van der Waals surface area contributed by atoms with Crippen LogP contribution in [-0.2, 0) is 6.54 Å². The first kappa shape index (κ1) is 19.4. The highest BCUT2D eigenvalue weighted by Crippen LogP contribution is 2.27. The number of rotatable bonds is 7. The van der Waals surface area contributed by atoms with Crippen LogP contribution in [0.3, 0.4) is 0 Å². The van der Waals surface area contributed by atoms with Crippen molar-refractivity contribution in [1.82, 2.24) is 25.0 Å². The number of methoxy groups -OCH3 is 1. The molecule has 2 aromatic heterocycles. The number of H-pyrrole nitrogens is 1. The number of aromatic nitrogens is 3. The van der Waals surface area contributed by atoms with Gasteiger partial charge in [0.25, 0.3) is 5.91 Å². The van der Waals surface area contributed by atoms with Gasteiger partial charge in [-0.25, -0.2) is 0 Å². The van der Waals surface area contributed by atoms with E-state index in [1.165, 1.54) is 6.42 Å². The highest BCUT2D eigenvalue weighted by Gasteiger charge is 2.29. The number of nitrogens with one attached hydrogen (secondary N) is 1. The zero-order valence-electron chi connectivity index (χ0n) is 17.0. The molecule has 7 nitrogen and oxygen atoms in total. The molecule has 1 saturated heterocycles. The number of carbonyl (C=O) groups excluding carboxylic acids is 1. The SMILES string of the molecule is CCN1CCCC1CN(Cc1ccncc1)C(=O)c1n[nH]c2c(OC)cccc12. The molecule has 4 rings (SSSR count). The predicted octanol–water partition coefficient (Wildman–Crippen LogP) is 3.09. The van der Waals surface area contributed by atoms with Gasteiger partial charge in [-0.3, -0.25) is 19.8 Å². The molecule has 0 spiro atoms. The van der Waals surface area contributed by atoms with Crippen molar-refractivity contribution >= 4 is 16.8 Å². The molecule has 0 saturated carbocycles. The molecule has 29 heavy (non-hydrogen) atoms. The van der Waals surface area contributed by atoms with Gasteiger partial charge in [0.05, 0.1) is 7.11 Å². The van der Waals surface area contributed by atoms with Gasteiger partial charge in [0, 0.05) is 36.9 Å². The zero-order valence-corrected chi connectivity index (χ0v) is 17.0. The summed E-state index contributed by atoms with van der Waals surface area (Å²) in [6.45, 7) is 5.51. The number of carbonyl (C=O) groups is 1. The van der Waals surface area contributed by atoms with E-state index in [0.717, 1.165) is 36.0 Å². The molecule has 1 fully saturated rings. The Kier molecular flexibility index (Phi) is 5.76. The highest BCUT2D eigenvalue weighted by molar-refractivity contribution is 6.05.